The van der Waals surface area contributed by atoms with Gasteiger partial charge in [-0.15, -0.1) is 0 Å². The van der Waals surface area contributed by atoms with Gasteiger partial charge in [0.1, 0.15) is 11.5 Å². The summed E-state index contributed by atoms with van der Waals surface area (Å²) in [4.78, 5) is 22.1. The lowest BCUT2D eigenvalue weighted by atomic mass is 10.2. The Kier molecular flexibility index (Phi) is 4.68. The van der Waals surface area contributed by atoms with Crippen molar-refractivity contribution in [2.75, 3.05) is 32.1 Å². The molecule has 1 unspecified atom stereocenters. The molecule has 104 valence electrons. The van der Waals surface area contributed by atoms with Crippen molar-refractivity contribution in [2.45, 2.75) is 25.9 Å². The van der Waals surface area contributed by atoms with E-state index in [0.29, 0.717) is 18.1 Å². The number of carbonyl (C=O) groups excluding carboxylic acids is 1. The lowest BCUT2D eigenvalue weighted by Gasteiger charge is -2.20. The second-order valence-corrected chi connectivity index (χ2v) is 4.64. The van der Waals surface area contributed by atoms with E-state index in [2.05, 4.69) is 15.3 Å². The summed E-state index contributed by atoms with van der Waals surface area (Å²) in [7, 11) is 1.77. The first kappa shape index (κ1) is 13.7. The number of likely N-dealkylation sites (N-methyl/N-ethyl adjacent to an activating group) is 1. The average molecular weight is 264 g/mol. The third kappa shape index (κ3) is 3.64. The van der Waals surface area contributed by atoms with Crippen molar-refractivity contribution < 1.29 is 9.53 Å². The molecule has 1 fully saturated rings. The summed E-state index contributed by atoms with van der Waals surface area (Å²) in [5.74, 6) is 0.562. The molecule has 1 atom stereocenters. The second kappa shape index (κ2) is 6.47. The highest BCUT2D eigenvalue weighted by atomic mass is 16.5. The van der Waals surface area contributed by atoms with Crippen molar-refractivity contribution in [2.24, 2.45) is 0 Å². The quantitative estimate of drug-likeness (QED) is 0.864. The van der Waals surface area contributed by atoms with E-state index < -0.39 is 0 Å². The van der Waals surface area contributed by atoms with E-state index >= 15 is 0 Å². The average Bonchev–Trinajstić information content (AvgIpc) is 2.92. The molecule has 19 heavy (non-hydrogen) atoms. The fourth-order valence-corrected chi connectivity index (χ4v) is 2.08. The molecule has 2 heterocycles. The van der Waals surface area contributed by atoms with Crippen molar-refractivity contribution >= 4 is 11.7 Å². The number of anilines is 1. The highest BCUT2D eigenvalue weighted by molar-refractivity contribution is 5.91. The standard InChI is InChI=1S/C13H20N4O2/c1-3-14-12-8-15-11(7-16-12)13(18)17(2)9-10-5-4-6-19-10/h7-8,10H,3-6,9H2,1-2H3,(H,14,16). The van der Waals surface area contributed by atoms with Crippen molar-refractivity contribution in [1.29, 1.82) is 0 Å². The van der Waals surface area contributed by atoms with Crippen LogP contribution in [-0.2, 0) is 4.74 Å². The molecule has 0 aromatic carbocycles. The summed E-state index contributed by atoms with van der Waals surface area (Å²) >= 11 is 0. The highest BCUT2D eigenvalue weighted by Crippen LogP contribution is 2.13. The predicted molar refractivity (Wildman–Crippen MR) is 72.1 cm³/mol. The highest BCUT2D eigenvalue weighted by Gasteiger charge is 2.21. The molecule has 2 rings (SSSR count). The molecular weight excluding hydrogens is 244 g/mol. The zero-order valence-electron chi connectivity index (χ0n) is 11.4. The Morgan fingerprint density at radius 1 is 1.53 bits per heavy atom. The van der Waals surface area contributed by atoms with Crippen LogP contribution >= 0.6 is 0 Å². The summed E-state index contributed by atoms with van der Waals surface area (Å²) in [6.45, 7) is 4.16. The molecule has 1 saturated heterocycles. The fourth-order valence-electron chi connectivity index (χ4n) is 2.08. The predicted octanol–water partition coefficient (Wildman–Crippen LogP) is 1.16. The van der Waals surface area contributed by atoms with Crippen molar-refractivity contribution in [1.82, 2.24) is 14.9 Å². The van der Waals surface area contributed by atoms with E-state index in [1.807, 2.05) is 6.92 Å². The molecule has 1 aromatic rings. The van der Waals surface area contributed by atoms with E-state index in [-0.39, 0.29) is 12.0 Å². The summed E-state index contributed by atoms with van der Waals surface area (Å²) < 4.78 is 5.52. The number of hydrogen-bond acceptors (Lipinski definition) is 5. The molecule has 0 spiro atoms. The van der Waals surface area contributed by atoms with Gasteiger partial charge in [0, 0.05) is 26.7 Å². The normalized spacial score (nSPS) is 18.3. The lowest BCUT2D eigenvalue weighted by Crippen LogP contribution is -2.34. The van der Waals surface area contributed by atoms with Gasteiger partial charge >= 0.3 is 0 Å². The molecule has 6 heteroatoms. The number of ether oxygens (including phenoxy) is 1. The minimum Gasteiger partial charge on any atom is -0.376 e. The van der Waals surface area contributed by atoms with Gasteiger partial charge in [0.25, 0.3) is 5.91 Å². The zero-order valence-corrected chi connectivity index (χ0v) is 11.4. The van der Waals surface area contributed by atoms with Gasteiger partial charge in [-0.25, -0.2) is 9.97 Å². The van der Waals surface area contributed by atoms with E-state index in [1.54, 1.807) is 18.1 Å². The van der Waals surface area contributed by atoms with Crippen LogP contribution in [-0.4, -0.2) is 53.6 Å². The van der Waals surface area contributed by atoms with Gasteiger partial charge in [-0.1, -0.05) is 0 Å². The number of rotatable bonds is 5. The molecular formula is C13H20N4O2. The summed E-state index contributed by atoms with van der Waals surface area (Å²) in [5.41, 5.74) is 0.363. The Morgan fingerprint density at radius 2 is 2.37 bits per heavy atom. The minimum absolute atomic E-state index is 0.119. The Bertz CT molecular complexity index is 415. The largest absolute Gasteiger partial charge is 0.376 e. The molecule has 1 aliphatic rings. The van der Waals surface area contributed by atoms with Crippen LogP contribution in [0.1, 0.15) is 30.3 Å². The second-order valence-electron chi connectivity index (χ2n) is 4.64. The van der Waals surface area contributed by atoms with Crippen molar-refractivity contribution in [3.63, 3.8) is 0 Å². The first-order chi connectivity index (χ1) is 9.20. The van der Waals surface area contributed by atoms with Crippen molar-refractivity contribution in [3.05, 3.63) is 18.1 Å². The van der Waals surface area contributed by atoms with Crippen LogP contribution in [0.4, 0.5) is 5.82 Å². The van der Waals surface area contributed by atoms with Crippen LogP contribution in [0.2, 0.25) is 0 Å². The maximum atomic E-state index is 12.1. The van der Waals surface area contributed by atoms with Gasteiger partial charge in [-0.05, 0) is 19.8 Å². The third-order valence-electron chi connectivity index (χ3n) is 3.08. The molecule has 1 aromatic heterocycles. The van der Waals surface area contributed by atoms with E-state index in [0.717, 1.165) is 26.0 Å². The molecule has 1 amide bonds. The van der Waals surface area contributed by atoms with Crippen molar-refractivity contribution in [3.8, 4) is 0 Å². The van der Waals surface area contributed by atoms with Gasteiger partial charge < -0.3 is 15.0 Å². The number of aromatic nitrogens is 2. The van der Waals surface area contributed by atoms with Gasteiger partial charge in [0.2, 0.25) is 0 Å². The van der Waals surface area contributed by atoms with Crippen LogP contribution in [0.15, 0.2) is 12.4 Å². The summed E-state index contributed by atoms with van der Waals surface area (Å²) in [6.07, 6.45) is 5.33. The molecule has 0 saturated carbocycles. The molecule has 1 N–H and O–H groups in total. The first-order valence-electron chi connectivity index (χ1n) is 6.63. The van der Waals surface area contributed by atoms with Gasteiger partial charge in [0.15, 0.2) is 0 Å². The Morgan fingerprint density at radius 3 is 2.95 bits per heavy atom. The number of carbonyl (C=O) groups is 1. The molecule has 6 nitrogen and oxygen atoms in total. The number of hydrogen-bond donors (Lipinski definition) is 1. The maximum absolute atomic E-state index is 12.1. The molecule has 1 aliphatic heterocycles. The van der Waals surface area contributed by atoms with Gasteiger partial charge in [0.05, 0.1) is 18.5 Å². The van der Waals surface area contributed by atoms with Gasteiger partial charge in [-0.2, -0.15) is 0 Å². The minimum atomic E-state index is -0.119. The number of nitrogens with zero attached hydrogens (tertiary/aromatic N) is 3. The lowest BCUT2D eigenvalue weighted by molar-refractivity contribution is 0.0582. The molecule has 0 bridgehead atoms. The molecule has 0 radical (unpaired) electrons. The van der Waals surface area contributed by atoms with E-state index in [9.17, 15) is 4.79 Å². The number of amides is 1. The number of nitrogens with one attached hydrogen (secondary N) is 1. The van der Waals surface area contributed by atoms with Crippen LogP contribution < -0.4 is 5.32 Å². The third-order valence-corrected chi connectivity index (χ3v) is 3.08. The zero-order chi connectivity index (χ0) is 13.7. The Balaban J connectivity index is 1.93. The van der Waals surface area contributed by atoms with E-state index in [1.165, 1.54) is 6.20 Å². The van der Waals surface area contributed by atoms with Crippen LogP contribution in [0.5, 0.6) is 0 Å². The van der Waals surface area contributed by atoms with Crippen LogP contribution in [0.25, 0.3) is 0 Å². The Hall–Kier alpha value is -1.69. The molecule has 0 aliphatic carbocycles. The summed E-state index contributed by atoms with van der Waals surface area (Å²) in [5, 5.41) is 3.04. The maximum Gasteiger partial charge on any atom is 0.273 e. The topological polar surface area (TPSA) is 67.4 Å². The van der Waals surface area contributed by atoms with Gasteiger partial charge in [-0.3, -0.25) is 4.79 Å². The van der Waals surface area contributed by atoms with Crippen LogP contribution in [0.3, 0.4) is 0 Å². The van der Waals surface area contributed by atoms with E-state index in [4.69, 9.17) is 4.74 Å². The summed E-state index contributed by atoms with van der Waals surface area (Å²) in [6, 6.07) is 0. The smallest absolute Gasteiger partial charge is 0.273 e. The monoisotopic (exact) mass is 264 g/mol. The first-order valence-corrected chi connectivity index (χ1v) is 6.63. The van der Waals surface area contributed by atoms with Crippen LogP contribution in [0, 0.1) is 0 Å². The SMILES string of the molecule is CCNc1cnc(C(=O)N(C)CC2CCCO2)cn1. The Labute approximate surface area is 113 Å². The fraction of sp³-hybridized carbons (Fsp3) is 0.615.